The van der Waals surface area contributed by atoms with E-state index in [9.17, 15) is 4.79 Å². The Morgan fingerprint density at radius 1 is 1.43 bits per heavy atom. The molecule has 0 bridgehead atoms. The van der Waals surface area contributed by atoms with E-state index >= 15 is 0 Å². The smallest absolute Gasteiger partial charge is 0.235 e. The molecule has 0 saturated heterocycles. The van der Waals surface area contributed by atoms with E-state index in [4.69, 9.17) is 5.26 Å². The molecule has 122 valence electrons. The lowest BCUT2D eigenvalue weighted by Gasteiger charge is -2.15. The van der Waals surface area contributed by atoms with Gasteiger partial charge >= 0.3 is 0 Å². The number of carbonyl (C=O) groups excluding carboxylic acids is 1. The average molecular weight is 349 g/mol. The summed E-state index contributed by atoms with van der Waals surface area (Å²) < 4.78 is 2.06. The number of aromatic nitrogens is 3. The first-order valence-electron chi connectivity index (χ1n) is 7.29. The van der Waals surface area contributed by atoms with E-state index in [0.717, 1.165) is 11.0 Å². The molecule has 2 heterocycles. The number of nitriles is 1. The highest BCUT2D eigenvalue weighted by Crippen LogP contribution is 2.26. The van der Waals surface area contributed by atoms with Gasteiger partial charge in [-0.05, 0) is 25.3 Å². The first-order valence-corrected chi connectivity index (χ1v) is 9.15. The molecule has 0 radical (unpaired) electrons. The molecule has 23 heavy (non-hydrogen) atoms. The minimum absolute atomic E-state index is 0.154. The molecule has 2 rings (SSSR count). The summed E-state index contributed by atoms with van der Waals surface area (Å²) in [5, 5.41) is 23.3. The Labute approximate surface area is 143 Å². The van der Waals surface area contributed by atoms with Crippen LogP contribution in [0.4, 0.5) is 5.00 Å². The molecule has 0 aliphatic heterocycles. The standard InChI is InChI=1S/C15H19N5OS2/c1-9(2)13-18-19-15(20(13)10(3)4)23-8-12(21)17-14-11(7-16)5-6-22-14/h5-6,9-10H,8H2,1-4H3,(H,17,21). The summed E-state index contributed by atoms with van der Waals surface area (Å²) in [6.45, 7) is 8.29. The van der Waals surface area contributed by atoms with Crippen LogP contribution in [0, 0.1) is 11.3 Å². The topological polar surface area (TPSA) is 83.6 Å². The maximum absolute atomic E-state index is 12.1. The molecule has 0 aromatic carbocycles. The highest BCUT2D eigenvalue weighted by atomic mass is 32.2. The molecule has 0 spiro atoms. The molecule has 0 saturated carbocycles. The molecular weight excluding hydrogens is 330 g/mol. The Kier molecular flexibility index (Phi) is 5.80. The van der Waals surface area contributed by atoms with Crippen molar-refractivity contribution in [1.29, 1.82) is 5.26 Å². The summed E-state index contributed by atoms with van der Waals surface area (Å²) in [6.07, 6.45) is 0. The van der Waals surface area contributed by atoms with Crippen LogP contribution in [0.5, 0.6) is 0 Å². The van der Waals surface area contributed by atoms with Gasteiger partial charge in [-0.2, -0.15) is 5.26 Å². The number of anilines is 1. The molecule has 0 unspecified atom stereocenters. The summed E-state index contributed by atoms with van der Waals surface area (Å²) >= 11 is 2.70. The van der Waals surface area contributed by atoms with Gasteiger partial charge in [0.05, 0.1) is 11.3 Å². The van der Waals surface area contributed by atoms with Gasteiger partial charge in [-0.1, -0.05) is 25.6 Å². The second-order valence-corrected chi connectivity index (χ2v) is 7.43. The lowest BCUT2D eigenvalue weighted by Crippen LogP contribution is -2.15. The second-order valence-electron chi connectivity index (χ2n) is 5.57. The van der Waals surface area contributed by atoms with E-state index in [1.165, 1.54) is 23.1 Å². The third-order valence-corrected chi connectivity index (χ3v) is 4.87. The zero-order valence-electron chi connectivity index (χ0n) is 13.5. The highest BCUT2D eigenvalue weighted by Gasteiger charge is 2.18. The van der Waals surface area contributed by atoms with Crippen LogP contribution >= 0.6 is 23.1 Å². The first-order chi connectivity index (χ1) is 10.9. The quantitative estimate of drug-likeness (QED) is 0.805. The molecule has 6 nitrogen and oxygen atoms in total. The molecule has 0 aliphatic carbocycles. The molecule has 0 atom stereocenters. The van der Waals surface area contributed by atoms with Gasteiger partial charge in [0.1, 0.15) is 16.9 Å². The molecule has 8 heteroatoms. The van der Waals surface area contributed by atoms with E-state index in [-0.39, 0.29) is 23.6 Å². The molecule has 1 N–H and O–H groups in total. The van der Waals surface area contributed by atoms with Crippen molar-refractivity contribution in [3.8, 4) is 6.07 Å². The van der Waals surface area contributed by atoms with Gasteiger partial charge in [0.15, 0.2) is 5.16 Å². The number of hydrogen-bond acceptors (Lipinski definition) is 6. The third kappa shape index (κ3) is 4.12. The molecule has 1 amide bonds. The van der Waals surface area contributed by atoms with Crippen molar-refractivity contribution in [2.45, 2.75) is 44.8 Å². The molecule has 0 fully saturated rings. The molecule has 0 aliphatic rings. The lowest BCUT2D eigenvalue weighted by atomic mass is 10.2. The van der Waals surface area contributed by atoms with Crippen molar-refractivity contribution in [2.75, 3.05) is 11.1 Å². The number of nitrogens with zero attached hydrogens (tertiary/aromatic N) is 4. The number of rotatable bonds is 6. The van der Waals surface area contributed by atoms with Crippen LogP contribution in [0.15, 0.2) is 16.6 Å². The Hall–Kier alpha value is -1.85. The van der Waals surface area contributed by atoms with E-state index < -0.39 is 0 Å². The van der Waals surface area contributed by atoms with Crippen molar-refractivity contribution >= 4 is 34.0 Å². The van der Waals surface area contributed by atoms with Crippen LogP contribution in [0.25, 0.3) is 0 Å². The summed E-state index contributed by atoms with van der Waals surface area (Å²) in [6, 6.07) is 3.98. The Morgan fingerprint density at radius 2 is 2.17 bits per heavy atom. The van der Waals surface area contributed by atoms with E-state index in [0.29, 0.717) is 10.6 Å². The SMILES string of the molecule is CC(C)c1nnc(SCC(=O)Nc2sccc2C#N)n1C(C)C. The van der Waals surface area contributed by atoms with E-state index in [1.807, 2.05) is 0 Å². The van der Waals surface area contributed by atoms with E-state index in [1.54, 1.807) is 11.4 Å². The fourth-order valence-electron chi connectivity index (χ4n) is 2.05. The van der Waals surface area contributed by atoms with Crippen LogP contribution in [0.3, 0.4) is 0 Å². The van der Waals surface area contributed by atoms with Crippen LogP contribution in [-0.2, 0) is 4.79 Å². The Bertz CT molecular complexity index is 727. The number of thiophene rings is 1. The van der Waals surface area contributed by atoms with Gasteiger partial charge in [0.25, 0.3) is 0 Å². The summed E-state index contributed by atoms with van der Waals surface area (Å²) in [5.74, 6) is 1.27. The summed E-state index contributed by atoms with van der Waals surface area (Å²) in [5.41, 5.74) is 0.487. The molecule has 2 aromatic heterocycles. The van der Waals surface area contributed by atoms with Crippen LogP contribution < -0.4 is 5.32 Å². The predicted molar refractivity (Wildman–Crippen MR) is 92.9 cm³/mol. The third-order valence-electron chi connectivity index (χ3n) is 3.09. The Morgan fingerprint density at radius 3 is 2.78 bits per heavy atom. The van der Waals surface area contributed by atoms with Crippen LogP contribution in [0.2, 0.25) is 0 Å². The normalized spacial score (nSPS) is 11.0. The number of nitrogens with one attached hydrogen (secondary N) is 1. The lowest BCUT2D eigenvalue weighted by molar-refractivity contribution is -0.113. The van der Waals surface area contributed by atoms with Crippen molar-refractivity contribution in [2.24, 2.45) is 0 Å². The van der Waals surface area contributed by atoms with Crippen molar-refractivity contribution in [3.63, 3.8) is 0 Å². The highest BCUT2D eigenvalue weighted by molar-refractivity contribution is 7.99. The van der Waals surface area contributed by atoms with E-state index in [2.05, 4.69) is 53.8 Å². The number of thioether (sulfide) groups is 1. The van der Waals surface area contributed by atoms with Gasteiger partial charge in [-0.3, -0.25) is 4.79 Å². The fourth-order valence-corrected chi connectivity index (χ4v) is 3.68. The first kappa shape index (κ1) is 17.5. The fraction of sp³-hybridized carbons (Fsp3) is 0.467. The summed E-state index contributed by atoms with van der Waals surface area (Å²) in [4.78, 5) is 12.1. The van der Waals surface area contributed by atoms with Gasteiger partial charge in [0, 0.05) is 12.0 Å². The Balaban J connectivity index is 2.04. The zero-order chi connectivity index (χ0) is 17.0. The maximum atomic E-state index is 12.1. The average Bonchev–Trinajstić information content (AvgIpc) is 3.10. The minimum Gasteiger partial charge on any atom is -0.316 e. The van der Waals surface area contributed by atoms with Crippen molar-refractivity contribution < 1.29 is 4.79 Å². The molecular formula is C15H19N5OS2. The van der Waals surface area contributed by atoms with Crippen molar-refractivity contribution in [3.05, 3.63) is 22.8 Å². The van der Waals surface area contributed by atoms with Gasteiger partial charge in [-0.15, -0.1) is 21.5 Å². The second kappa shape index (κ2) is 7.62. The number of hydrogen-bond donors (Lipinski definition) is 1. The number of carbonyl (C=O) groups is 1. The van der Waals surface area contributed by atoms with Crippen LogP contribution in [0.1, 0.15) is 51.0 Å². The summed E-state index contributed by atoms with van der Waals surface area (Å²) in [7, 11) is 0. The van der Waals surface area contributed by atoms with Gasteiger partial charge in [-0.25, -0.2) is 0 Å². The largest absolute Gasteiger partial charge is 0.316 e. The van der Waals surface area contributed by atoms with Gasteiger partial charge < -0.3 is 9.88 Å². The van der Waals surface area contributed by atoms with Crippen LogP contribution in [-0.4, -0.2) is 26.4 Å². The minimum atomic E-state index is -0.154. The zero-order valence-corrected chi connectivity index (χ0v) is 15.2. The monoisotopic (exact) mass is 349 g/mol. The van der Waals surface area contributed by atoms with Crippen molar-refractivity contribution in [1.82, 2.24) is 14.8 Å². The number of amides is 1. The maximum Gasteiger partial charge on any atom is 0.235 e. The molecule has 2 aromatic rings. The van der Waals surface area contributed by atoms with Gasteiger partial charge in [0.2, 0.25) is 5.91 Å². The predicted octanol–water partition coefficient (Wildman–Crippen LogP) is 3.65.